The lowest BCUT2D eigenvalue weighted by Crippen LogP contribution is -2.37. The monoisotopic (exact) mass is 436 g/mol. The van der Waals surface area contributed by atoms with Gasteiger partial charge in [0.15, 0.2) is 11.8 Å². The van der Waals surface area contributed by atoms with Crippen LogP contribution in [-0.2, 0) is 19.6 Å². The van der Waals surface area contributed by atoms with Gasteiger partial charge in [-0.15, -0.1) is 34.2 Å². The van der Waals surface area contributed by atoms with E-state index >= 15 is 0 Å². The number of halogens is 3. The summed E-state index contributed by atoms with van der Waals surface area (Å²) in [7, 11) is 1.60. The Morgan fingerprint density at radius 2 is 2.00 bits per heavy atom. The molecule has 9 heteroatoms. The molecule has 1 aromatic carbocycles. The third-order valence-corrected chi connectivity index (χ3v) is 3.13. The van der Waals surface area contributed by atoms with E-state index in [9.17, 15) is 8.78 Å². The summed E-state index contributed by atoms with van der Waals surface area (Å²) < 4.78 is 28.6. The van der Waals surface area contributed by atoms with Crippen LogP contribution >= 0.6 is 24.0 Å². The van der Waals surface area contributed by atoms with E-state index in [0.29, 0.717) is 12.5 Å². The number of nitrogens with one attached hydrogen (secondary N) is 2. The molecule has 0 atom stereocenters. The Hall–Kier alpha value is -1.78. The fourth-order valence-electron chi connectivity index (χ4n) is 1.92. The van der Waals surface area contributed by atoms with Gasteiger partial charge in [0.25, 0.3) is 0 Å². The van der Waals surface area contributed by atoms with E-state index < -0.39 is 11.6 Å². The Morgan fingerprint density at radius 3 is 2.70 bits per heavy atom. The smallest absolute Gasteiger partial charge is 0.191 e. The van der Waals surface area contributed by atoms with Crippen LogP contribution in [0.15, 0.2) is 29.5 Å². The van der Waals surface area contributed by atoms with E-state index in [1.165, 1.54) is 0 Å². The molecule has 0 fully saturated rings. The second-order valence-electron chi connectivity index (χ2n) is 4.55. The van der Waals surface area contributed by atoms with Crippen molar-refractivity contribution in [1.29, 1.82) is 0 Å². The third kappa shape index (κ3) is 5.41. The normalized spacial score (nSPS) is 11.0. The van der Waals surface area contributed by atoms with Gasteiger partial charge in [0.05, 0.1) is 6.54 Å². The molecule has 23 heavy (non-hydrogen) atoms. The van der Waals surface area contributed by atoms with Gasteiger partial charge in [0.1, 0.15) is 18.0 Å². The zero-order valence-corrected chi connectivity index (χ0v) is 15.2. The third-order valence-electron chi connectivity index (χ3n) is 3.13. The van der Waals surface area contributed by atoms with Crippen LogP contribution in [0.4, 0.5) is 8.78 Å². The molecule has 0 spiro atoms. The van der Waals surface area contributed by atoms with Crippen LogP contribution in [0.3, 0.4) is 0 Å². The van der Waals surface area contributed by atoms with Crippen LogP contribution in [0.2, 0.25) is 0 Å². The second kappa shape index (κ2) is 9.38. The molecule has 0 radical (unpaired) electrons. The Bertz CT molecular complexity index is 658. The summed E-state index contributed by atoms with van der Waals surface area (Å²) in [5.41, 5.74) is 0.236. The number of guanidine groups is 1. The largest absolute Gasteiger partial charge is 0.352 e. The van der Waals surface area contributed by atoms with E-state index in [1.54, 1.807) is 13.4 Å². The number of hydrogen-bond donors (Lipinski definition) is 2. The first-order chi connectivity index (χ1) is 10.6. The Morgan fingerprint density at radius 1 is 1.26 bits per heavy atom. The van der Waals surface area contributed by atoms with Crippen LogP contribution < -0.4 is 10.6 Å². The van der Waals surface area contributed by atoms with Crippen molar-refractivity contribution in [3.05, 3.63) is 47.5 Å². The minimum absolute atomic E-state index is 0. The van der Waals surface area contributed by atoms with Gasteiger partial charge in [-0.2, -0.15) is 0 Å². The van der Waals surface area contributed by atoms with Crippen molar-refractivity contribution in [2.24, 2.45) is 4.99 Å². The first-order valence-electron chi connectivity index (χ1n) is 6.89. The summed E-state index contributed by atoms with van der Waals surface area (Å²) in [5, 5.41) is 13.8. The maximum atomic E-state index is 13.5. The highest BCUT2D eigenvalue weighted by Gasteiger charge is 2.07. The van der Waals surface area contributed by atoms with Crippen molar-refractivity contribution in [3.63, 3.8) is 0 Å². The molecule has 1 aromatic heterocycles. The van der Waals surface area contributed by atoms with Gasteiger partial charge in [0, 0.05) is 25.7 Å². The fraction of sp³-hybridized carbons (Fsp3) is 0.357. The number of nitrogens with zero attached hydrogens (tertiary/aromatic N) is 4. The first-order valence-corrected chi connectivity index (χ1v) is 6.89. The molecule has 0 saturated carbocycles. The highest BCUT2D eigenvalue weighted by atomic mass is 127. The maximum absolute atomic E-state index is 13.5. The van der Waals surface area contributed by atoms with Crippen molar-refractivity contribution in [1.82, 2.24) is 25.4 Å². The van der Waals surface area contributed by atoms with Gasteiger partial charge in [0.2, 0.25) is 0 Å². The molecule has 0 aliphatic rings. The summed E-state index contributed by atoms with van der Waals surface area (Å²) in [4.78, 5) is 4.03. The van der Waals surface area contributed by atoms with Gasteiger partial charge in [-0.25, -0.2) is 8.78 Å². The van der Waals surface area contributed by atoms with Crippen molar-refractivity contribution in [3.8, 4) is 0 Å². The van der Waals surface area contributed by atoms with Crippen LogP contribution in [0, 0.1) is 11.6 Å². The minimum atomic E-state index is -0.475. The predicted molar refractivity (Wildman–Crippen MR) is 94.5 cm³/mol. The number of rotatable bonds is 5. The Kier molecular flexibility index (Phi) is 7.86. The van der Waals surface area contributed by atoms with Gasteiger partial charge < -0.3 is 15.2 Å². The molecule has 0 amide bonds. The van der Waals surface area contributed by atoms with Gasteiger partial charge in [-0.1, -0.05) is 0 Å². The van der Waals surface area contributed by atoms with E-state index in [-0.39, 0.29) is 36.1 Å². The van der Waals surface area contributed by atoms with E-state index in [1.807, 2.05) is 11.5 Å². The van der Waals surface area contributed by atoms with E-state index in [0.717, 1.165) is 30.6 Å². The minimum Gasteiger partial charge on any atom is -0.352 e. The molecular formula is C14H19F2IN6. The molecule has 0 unspecified atom stereocenters. The molecular weight excluding hydrogens is 417 g/mol. The van der Waals surface area contributed by atoms with Crippen LogP contribution in [0.25, 0.3) is 0 Å². The van der Waals surface area contributed by atoms with Crippen LogP contribution in [-0.4, -0.2) is 27.8 Å². The molecule has 0 bridgehead atoms. The number of aliphatic imine (C=N–C) groups is 1. The number of aromatic nitrogens is 3. The maximum Gasteiger partial charge on any atom is 0.191 e. The number of hydrogen-bond acceptors (Lipinski definition) is 3. The molecule has 0 aliphatic heterocycles. The average molecular weight is 436 g/mol. The molecule has 1 heterocycles. The number of aryl methyl sites for hydroxylation is 1. The van der Waals surface area contributed by atoms with Gasteiger partial charge >= 0.3 is 0 Å². The highest BCUT2D eigenvalue weighted by Crippen LogP contribution is 2.09. The van der Waals surface area contributed by atoms with E-state index in [2.05, 4.69) is 25.8 Å². The fourth-order valence-corrected chi connectivity index (χ4v) is 1.92. The predicted octanol–water partition coefficient (Wildman–Crippen LogP) is 2.06. The molecule has 2 N–H and O–H groups in total. The average Bonchev–Trinajstić information content (AvgIpc) is 2.98. The molecule has 126 valence electrons. The summed E-state index contributed by atoms with van der Waals surface area (Å²) in [6.07, 6.45) is 1.65. The molecule has 0 saturated heterocycles. The summed E-state index contributed by atoms with van der Waals surface area (Å²) in [6.45, 7) is 3.32. The number of benzene rings is 1. The lowest BCUT2D eigenvalue weighted by atomic mass is 10.2. The molecule has 2 rings (SSSR count). The van der Waals surface area contributed by atoms with Gasteiger partial charge in [-0.3, -0.25) is 4.99 Å². The summed E-state index contributed by atoms with van der Waals surface area (Å²) in [6, 6.07) is 3.35. The molecule has 2 aromatic rings. The lowest BCUT2D eigenvalue weighted by Gasteiger charge is -2.12. The van der Waals surface area contributed by atoms with Crippen LogP contribution in [0.1, 0.15) is 18.3 Å². The second-order valence-corrected chi connectivity index (χ2v) is 4.55. The SMILES string of the molecule is CCn1cnnc1CNC(=NC)NCc1cc(F)ccc1F.I. The quantitative estimate of drug-likeness (QED) is 0.428. The zero-order chi connectivity index (χ0) is 15.9. The van der Waals surface area contributed by atoms with Crippen molar-refractivity contribution in [2.75, 3.05) is 7.05 Å². The van der Waals surface area contributed by atoms with Gasteiger partial charge in [-0.05, 0) is 25.1 Å². The topological polar surface area (TPSA) is 67.1 Å². The van der Waals surface area contributed by atoms with E-state index in [4.69, 9.17) is 0 Å². The molecule has 6 nitrogen and oxygen atoms in total. The Labute approximate surface area is 150 Å². The van der Waals surface area contributed by atoms with Crippen molar-refractivity contribution >= 4 is 29.9 Å². The lowest BCUT2D eigenvalue weighted by molar-refractivity contribution is 0.580. The summed E-state index contributed by atoms with van der Waals surface area (Å²) >= 11 is 0. The van der Waals surface area contributed by atoms with Crippen LogP contribution in [0.5, 0.6) is 0 Å². The highest BCUT2D eigenvalue weighted by molar-refractivity contribution is 14.0. The Balaban J connectivity index is 0.00000264. The van der Waals surface area contributed by atoms with Crippen molar-refractivity contribution in [2.45, 2.75) is 26.6 Å². The summed E-state index contributed by atoms with van der Waals surface area (Å²) in [5.74, 6) is 0.295. The zero-order valence-electron chi connectivity index (χ0n) is 12.9. The first kappa shape index (κ1) is 19.3. The standard InChI is InChI=1S/C14H18F2N6.HI/c1-3-22-9-20-21-13(22)8-19-14(17-2)18-7-10-6-11(15)4-5-12(10)16;/h4-6,9H,3,7-8H2,1-2H3,(H2,17,18,19);1H. The molecule has 0 aliphatic carbocycles. The van der Waals surface area contributed by atoms with Crippen molar-refractivity contribution < 1.29 is 8.78 Å².